The highest BCUT2D eigenvalue weighted by atomic mass is 35.5. The molecule has 8 heteroatoms. The number of anilines is 3. The van der Waals surface area contributed by atoms with Crippen LogP contribution in [-0.4, -0.2) is 36.5 Å². The van der Waals surface area contributed by atoms with Crippen molar-refractivity contribution in [2.24, 2.45) is 4.99 Å². The monoisotopic (exact) mass is 434 g/mol. The summed E-state index contributed by atoms with van der Waals surface area (Å²) in [5, 5.41) is 17.7. The summed E-state index contributed by atoms with van der Waals surface area (Å²) >= 11 is 6.33. The number of aliphatic imine (C=N–C) groups is 1. The minimum atomic E-state index is -0.202. The minimum absolute atomic E-state index is 0.202. The first-order valence-corrected chi connectivity index (χ1v) is 9.98. The van der Waals surface area contributed by atoms with Crippen molar-refractivity contribution in [2.45, 2.75) is 6.42 Å². The summed E-state index contributed by atoms with van der Waals surface area (Å²) in [6.45, 7) is 0. The van der Waals surface area contributed by atoms with Gasteiger partial charge in [-0.05, 0) is 17.7 Å². The fourth-order valence-corrected chi connectivity index (χ4v) is 3.06. The van der Waals surface area contributed by atoms with Gasteiger partial charge in [-0.2, -0.15) is 0 Å². The fraction of sp³-hybridized carbons (Fsp3) is 0.130. The van der Waals surface area contributed by atoms with Crippen molar-refractivity contribution in [3.8, 4) is 0 Å². The van der Waals surface area contributed by atoms with E-state index in [0.717, 1.165) is 5.56 Å². The Morgan fingerprint density at radius 1 is 1.10 bits per heavy atom. The molecule has 0 radical (unpaired) electrons. The number of halogens is 1. The largest absolute Gasteiger partial charge is 0.355 e. The van der Waals surface area contributed by atoms with E-state index in [-0.39, 0.29) is 5.91 Å². The van der Waals surface area contributed by atoms with Crippen molar-refractivity contribution in [1.82, 2.24) is 10.3 Å². The smallest absolute Gasteiger partial charge is 0.253 e. The minimum Gasteiger partial charge on any atom is -0.355 e. The van der Waals surface area contributed by atoms with E-state index >= 15 is 0 Å². The second kappa shape index (κ2) is 10.4. The summed E-state index contributed by atoms with van der Waals surface area (Å²) in [7, 11) is 3.24. The summed E-state index contributed by atoms with van der Waals surface area (Å²) < 4.78 is 0. The third-order valence-corrected chi connectivity index (χ3v) is 4.83. The Hall–Kier alpha value is -3.71. The number of benzene rings is 2. The third kappa shape index (κ3) is 5.67. The van der Waals surface area contributed by atoms with Crippen LogP contribution in [0.3, 0.4) is 0 Å². The number of nitrogens with one attached hydrogen (secondary N) is 4. The van der Waals surface area contributed by atoms with Gasteiger partial charge in [0.25, 0.3) is 5.91 Å². The fourth-order valence-electron chi connectivity index (χ4n) is 2.91. The van der Waals surface area contributed by atoms with E-state index in [1.165, 1.54) is 6.20 Å². The van der Waals surface area contributed by atoms with Gasteiger partial charge in [0.15, 0.2) is 0 Å². The SMILES string of the molecule is CN=C(CC(=N)c1ccccc1)Nc1cc(Nc2ccccc2C(=O)NC)c(Cl)cn1. The topological polar surface area (TPSA) is 102 Å². The lowest BCUT2D eigenvalue weighted by Gasteiger charge is -2.14. The second-order valence-corrected chi connectivity index (χ2v) is 7.02. The van der Waals surface area contributed by atoms with Crippen molar-refractivity contribution >= 4 is 46.2 Å². The molecule has 3 rings (SSSR count). The molecule has 0 fully saturated rings. The molecule has 0 aliphatic heterocycles. The summed E-state index contributed by atoms with van der Waals surface area (Å²) in [5.41, 5.74) is 2.99. The molecule has 3 aromatic rings. The van der Waals surface area contributed by atoms with Crippen LogP contribution in [-0.2, 0) is 0 Å². The van der Waals surface area contributed by atoms with E-state index in [9.17, 15) is 4.79 Å². The maximum Gasteiger partial charge on any atom is 0.253 e. The van der Waals surface area contributed by atoms with Crippen molar-refractivity contribution in [1.29, 1.82) is 5.41 Å². The van der Waals surface area contributed by atoms with E-state index in [1.54, 1.807) is 38.4 Å². The third-order valence-electron chi connectivity index (χ3n) is 4.53. The quantitative estimate of drug-likeness (QED) is 0.318. The molecule has 1 aromatic heterocycles. The number of carbonyl (C=O) groups excluding carboxylic acids is 1. The highest BCUT2D eigenvalue weighted by Gasteiger charge is 2.13. The lowest BCUT2D eigenvalue weighted by Crippen LogP contribution is -2.19. The molecule has 2 aromatic carbocycles. The highest BCUT2D eigenvalue weighted by Crippen LogP contribution is 2.28. The summed E-state index contributed by atoms with van der Waals surface area (Å²) in [6.07, 6.45) is 1.84. The Labute approximate surface area is 186 Å². The van der Waals surface area contributed by atoms with Gasteiger partial charge in [-0.3, -0.25) is 9.79 Å². The van der Waals surface area contributed by atoms with E-state index < -0.39 is 0 Å². The average Bonchev–Trinajstić information content (AvgIpc) is 2.81. The predicted molar refractivity (Wildman–Crippen MR) is 127 cm³/mol. The van der Waals surface area contributed by atoms with Gasteiger partial charge in [0, 0.05) is 32.3 Å². The molecule has 7 nitrogen and oxygen atoms in total. The van der Waals surface area contributed by atoms with Gasteiger partial charge in [0.05, 0.1) is 28.2 Å². The number of para-hydroxylation sites is 1. The van der Waals surface area contributed by atoms with Crippen LogP contribution in [0.25, 0.3) is 0 Å². The lowest BCUT2D eigenvalue weighted by atomic mass is 10.1. The number of aromatic nitrogens is 1. The Morgan fingerprint density at radius 2 is 1.81 bits per heavy atom. The number of hydrogen-bond donors (Lipinski definition) is 4. The molecule has 1 amide bonds. The van der Waals surface area contributed by atoms with Gasteiger partial charge in [-0.15, -0.1) is 0 Å². The molecule has 0 aliphatic carbocycles. The van der Waals surface area contributed by atoms with Gasteiger partial charge in [0.2, 0.25) is 0 Å². The number of amidine groups is 1. The predicted octanol–water partition coefficient (Wildman–Crippen LogP) is 4.74. The molecular weight excluding hydrogens is 412 g/mol. The standard InChI is InChI=1S/C23H23ClN6O/c1-26-21(12-18(25)15-8-4-3-5-9-15)30-22-13-20(17(24)14-28-22)29-19-11-7-6-10-16(19)23(31)27-2/h3-11,13-14,25H,12H2,1-2H3,(H,27,31)(H2,26,28,29,30). The maximum absolute atomic E-state index is 12.1. The Bertz CT molecular complexity index is 1110. The van der Waals surface area contributed by atoms with E-state index in [0.29, 0.717) is 45.7 Å². The molecule has 1 heterocycles. The molecule has 0 spiro atoms. The van der Waals surface area contributed by atoms with E-state index in [2.05, 4.69) is 25.9 Å². The first-order chi connectivity index (χ1) is 15.0. The summed E-state index contributed by atoms with van der Waals surface area (Å²) in [4.78, 5) is 20.7. The van der Waals surface area contributed by atoms with Crippen molar-refractivity contribution in [3.63, 3.8) is 0 Å². The molecule has 31 heavy (non-hydrogen) atoms. The molecule has 158 valence electrons. The number of rotatable bonds is 7. The van der Waals surface area contributed by atoms with Crippen LogP contribution in [0.1, 0.15) is 22.3 Å². The lowest BCUT2D eigenvalue weighted by molar-refractivity contribution is 0.0964. The zero-order valence-corrected chi connectivity index (χ0v) is 18.0. The zero-order chi connectivity index (χ0) is 22.2. The molecule has 0 aliphatic rings. The van der Waals surface area contributed by atoms with Gasteiger partial charge >= 0.3 is 0 Å². The van der Waals surface area contributed by atoms with Crippen LogP contribution >= 0.6 is 11.6 Å². The van der Waals surface area contributed by atoms with Crippen molar-refractivity contribution in [2.75, 3.05) is 24.7 Å². The number of carbonyl (C=O) groups is 1. The zero-order valence-electron chi connectivity index (χ0n) is 17.2. The van der Waals surface area contributed by atoms with Crippen LogP contribution in [0.2, 0.25) is 5.02 Å². The molecule has 0 saturated heterocycles. The number of nitrogens with zero attached hydrogens (tertiary/aromatic N) is 2. The van der Waals surface area contributed by atoms with Crippen LogP contribution in [0.5, 0.6) is 0 Å². The number of pyridine rings is 1. The van der Waals surface area contributed by atoms with Crippen LogP contribution in [0.4, 0.5) is 17.2 Å². The Kier molecular flexibility index (Phi) is 7.35. The van der Waals surface area contributed by atoms with Crippen LogP contribution in [0.15, 0.2) is 71.9 Å². The molecule has 0 bridgehead atoms. The molecule has 0 saturated carbocycles. The van der Waals surface area contributed by atoms with E-state index in [1.807, 2.05) is 36.4 Å². The van der Waals surface area contributed by atoms with E-state index in [4.69, 9.17) is 17.0 Å². The first-order valence-electron chi connectivity index (χ1n) is 9.61. The highest BCUT2D eigenvalue weighted by molar-refractivity contribution is 6.33. The maximum atomic E-state index is 12.1. The Morgan fingerprint density at radius 3 is 2.52 bits per heavy atom. The average molecular weight is 435 g/mol. The number of amides is 1. The molecular formula is C23H23ClN6O. The second-order valence-electron chi connectivity index (χ2n) is 6.62. The van der Waals surface area contributed by atoms with Gasteiger partial charge in [0.1, 0.15) is 11.7 Å². The molecule has 4 N–H and O–H groups in total. The summed E-state index contributed by atoms with van der Waals surface area (Å²) in [6, 6.07) is 18.4. The normalized spacial score (nSPS) is 11.0. The van der Waals surface area contributed by atoms with Gasteiger partial charge in [-0.25, -0.2) is 4.98 Å². The van der Waals surface area contributed by atoms with Gasteiger partial charge in [-0.1, -0.05) is 54.1 Å². The molecule has 0 atom stereocenters. The van der Waals surface area contributed by atoms with Crippen molar-refractivity contribution in [3.05, 3.63) is 83.0 Å². The van der Waals surface area contributed by atoms with Crippen molar-refractivity contribution < 1.29 is 4.79 Å². The molecule has 0 unspecified atom stereocenters. The van der Waals surface area contributed by atoms with Crippen LogP contribution in [0, 0.1) is 5.41 Å². The van der Waals surface area contributed by atoms with Crippen LogP contribution < -0.4 is 16.0 Å². The summed E-state index contributed by atoms with van der Waals surface area (Å²) in [5.74, 6) is 0.914. The Balaban J connectivity index is 1.78. The number of hydrogen-bond acceptors (Lipinski definition) is 5. The van der Waals surface area contributed by atoms with Gasteiger partial charge < -0.3 is 21.4 Å². The first kappa shape index (κ1) is 22.0.